The first-order valence-corrected chi connectivity index (χ1v) is 18.0. The normalized spacial score (nSPS) is 14.9. The molecule has 3 heterocycles. The summed E-state index contributed by atoms with van der Waals surface area (Å²) in [4.78, 5) is 75.8. The van der Waals surface area contributed by atoms with Crippen LogP contribution >= 0.6 is 0 Å². The number of unbranched alkanes of at least 4 members (excludes halogenated alkanes) is 1. The molecule has 0 spiro atoms. The van der Waals surface area contributed by atoms with Gasteiger partial charge in [0.2, 0.25) is 11.8 Å². The zero-order valence-electron chi connectivity index (χ0n) is 30.3. The molecule has 52 heavy (non-hydrogen) atoms. The minimum atomic E-state index is -1.15. The highest BCUT2D eigenvalue weighted by molar-refractivity contribution is 5.94. The summed E-state index contributed by atoms with van der Waals surface area (Å²) in [5, 5.41) is 19.1. The number of nitrogens with one attached hydrogen (secondary N) is 3. The van der Waals surface area contributed by atoms with Gasteiger partial charge in [0.05, 0.1) is 13.2 Å². The molecule has 2 unspecified atom stereocenters. The summed E-state index contributed by atoms with van der Waals surface area (Å²) in [6.45, 7) is 4.98. The Morgan fingerprint density at radius 1 is 0.865 bits per heavy atom. The number of aryl methyl sites for hydroxylation is 1. The first kappa shape index (κ1) is 39.6. The molecule has 0 radical (unpaired) electrons. The topological polar surface area (TPSA) is 187 Å². The molecule has 4 rings (SSSR count). The van der Waals surface area contributed by atoms with Gasteiger partial charge in [0.15, 0.2) is 0 Å². The van der Waals surface area contributed by atoms with Gasteiger partial charge < -0.3 is 35.0 Å². The molecule has 1 aliphatic heterocycles. The van der Waals surface area contributed by atoms with Gasteiger partial charge >= 0.3 is 12.0 Å². The highest BCUT2D eigenvalue weighted by atomic mass is 16.9. The largest absolute Gasteiger partial charge is 0.464 e. The lowest BCUT2D eigenvalue weighted by atomic mass is 10.0. The second-order valence-corrected chi connectivity index (χ2v) is 13.6. The lowest BCUT2D eigenvalue weighted by molar-refractivity contribution is -0.757. The van der Waals surface area contributed by atoms with Crippen molar-refractivity contribution in [1.82, 2.24) is 30.4 Å². The van der Waals surface area contributed by atoms with Crippen LogP contribution in [-0.4, -0.2) is 87.8 Å². The second-order valence-electron chi connectivity index (χ2n) is 13.6. The van der Waals surface area contributed by atoms with Gasteiger partial charge in [-0.05, 0) is 61.8 Å². The van der Waals surface area contributed by atoms with Crippen molar-refractivity contribution in [3.8, 4) is 0 Å². The average Bonchev–Trinajstić information content (AvgIpc) is 3.25. The van der Waals surface area contributed by atoms with Gasteiger partial charge in [-0.3, -0.25) is 14.6 Å². The van der Waals surface area contributed by atoms with E-state index in [4.69, 9.17) is 4.74 Å². The summed E-state index contributed by atoms with van der Waals surface area (Å²) in [5.41, 5.74) is 2.30. The number of hydrogen-bond donors (Lipinski definition) is 3. The van der Waals surface area contributed by atoms with E-state index >= 15 is 0 Å². The number of aromatic nitrogens is 2. The molecule has 0 bridgehead atoms. The molecule has 282 valence electrons. The Bertz CT molecular complexity index is 1640. The third-order valence-electron chi connectivity index (χ3n) is 8.97. The third-order valence-corrected chi connectivity index (χ3v) is 8.97. The van der Waals surface area contributed by atoms with Gasteiger partial charge in [-0.15, -0.1) is 10.1 Å². The molecule has 15 heteroatoms. The van der Waals surface area contributed by atoms with Crippen LogP contribution < -0.4 is 16.0 Å². The van der Waals surface area contributed by atoms with Crippen LogP contribution in [-0.2, 0) is 43.8 Å². The molecule has 1 aliphatic rings. The molecule has 3 N–H and O–H groups in total. The zero-order valence-corrected chi connectivity index (χ0v) is 30.3. The zero-order chi connectivity index (χ0) is 37.5. The van der Waals surface area contributed by atoms with Gasteiger partial charge in [-0.25, -0.2) is 9.59 Å². The van der Waals surface area contributed by atoms with Crippen molar-refractivity contribution in [2.24, 2.45) is 13.0 Å². The summed E-state index contributed by atoms with van der Waals surface area (Å²) < 4.78 is 7.41. The number of amides is 4. The predicted molar refractivity (Wildman–Crippen MR) is 193 cm³/mol. The summed E-state index contributed by atoms with van der Waals surface area (Å²) >= 11 is 0. The van der Waals surface area contributed by atoms with Gasteiger partial charge in [0.25, 0.3) is 5.09 Å². The number of rotatable bonds is 18. The molecule has 1 fully saturated rings. The lowest BCUT2D eigenvalue weighted by Crippen LogP contribution is -2.58. The summed E-state index contributed by atoms with van der Waals surface area (Å²) in [6.07, 6.45) is 8.48. The van der Waals surface area contributed by atoms with Crippen LogP contribution in [0, 0.1) is 16.0 Å². The molecule has 3 atom stereocenters. The van der Waals surface area contributed by atoms with Gasteiger partial charge in [0, 0.05) is 62.0 Å². The maximum atomic E-state index is 14.2. The molecule has 0 aliphatic carbocycles. The standard InChI is InChI=1S/C37H51N7O8/c1-26(2)22-30(41-37(48)43-18-10-4-5-11-19-43)34(45)39-31(23-27-25-42(3)33-16-7-6-15-29(27)33)35(46)40-32(24-28-14-8-9-17-38-28)36(47)51-20-12-13-21-52-44(49)50/h6-9,14-17,25-26,30-32H,4-5,10-13,18-24H2,1-3H3,(H,39,45)(H,40,46)(H,41,48)/t30?,31?,32-/m1/s1. The van der Waals surface area contributed by atoms with Crippen LogP contribution in [0.25, 0.3) is 10.9 Å². The number of urea groups is 1. The van der Waals surface area contributed by atoms with Crippen molar-refractivity contribution < 1.29 is 33.8 Å². The SMILES string of the molecule is CC(C)CC(NC(=O)N1CCCCCC1)C(=O)NC(Cc1cn(C)c2ccccc12)C(=O)N[C@H](Cc1ccccn1)C(=O)OCCCCO[N+](=O)[O-]. The van der Waals surface area contributed by atoms with Crippen molar-refractivity contribution in [2.45, 2.75) is 89.8 Å². The summed E-state index contributed by atoms with van der Waals surface area (Å²) in [6, 6.07) is 9.48. The van der Waals surface area contributed by atoms with E-state index in [1.165, 1.54) is 0 Å². The number of esters is 1. The van der Waals surface area contributed by atoms with E-state index in [0.717, 1.165) is 42.1 Å². The first-order valence-electron chi connectivity index (χ1n) is 18.0. The highest BCUT2D eigenvalue weighted by Crippen LogP contribution is 2.22. The van der Waals surface area contributed by atoms with Crippen LogP contribution in [0.4, 0.5) is 4.79 Å². The van der Waals surface area contributed by atoms with Gasteiger partial charge in [0.1, 0.15) is 18.1 Å². The molecular formula is C37H51N7O8. The van der Waals surface area contributed by atoms with E-state index < -0.39 is 41.0 Å². The van der Waals surface area contributed by atoms with Crippen molar-refractivity contribution in [2.75, 3.05) is 26.3 Å². The Kier molecular flexibility index (Phi) is 15.2. The van der Waals surface area contributed by atoms with E-state index in [-0.39, 0.29) is 44.4 Å². The second kappa shape index (κ2) is 20.0. The number of pyridine rings is 1. The molecule has 1 saturated heterocycles. The molecule has 1 aromatic carbocycles. The number of para-hydroxylation sites is 1. The number of carbonyl (C=O) groups is 4. The van der Waals surface area contributed by atoms with E-state index in [0.29, 0.717) is 31.6 Å². The predicted octanol–water partition coefficient (Wildman–Crippen LogP) is 3.86. The quantitative estimate of drug-likeness (QED) is 0.0759. The molecule has 0 saturated carbocycles. The van der Waals surface area contributed by atoms with Crippen molar-refractivity contribution >= 4 is 34.7 Å². The minimum absolute atomic E-state index is 0.0205. The fraction of sp³-hybridized carbons (Fsp3) is 0.541. The molecular weight excluding hydrogens is 670 g/mol. The Morgan fingerprint density at radius 2 is 1.54 bits per heavy atom. The molecule has 15 nitrogen and oxygen atoms in total. The van der Waals surface area contributed by atoms with Crippen LogP contribution in [0.15, 0.2) is 54.9 Å². The monoisotopic (exact) mass is 721 g/mol. The number of nitrogens with zero attached hydrogens (tertiary/aromatic N) is 4. The Labute approximate surface area is 303 Å². The van der Waals surface area contributed by atoms with Crippen molar-refractivity contribution in [1.29, 1.82) is 0 Å². The van der Waals surface area contributed by atoms with E-state index in [2.05, 4.69) is 25.8 Å². The van der Waals surface area contributed by atoms with Crippen LogP contribution in [0.5, 0.6) is 0 Å². The summed E-state index contributed by atoms with van der Waals surface area (Å²) in [7, 11) is 1.90. The molecule has 2 aromatic heterocycles. The number of fused-ring (bicyclic) bond motifs is 1. The highest BCUT2D eigenvalue weighted by Gasteiger charge is 2.32. The fourth-order valence-electron chi connectivity index (χ4n) is 6.32. The minimum Gasteiger partial charge on any atom is -0.464 e. The third kappa shape index (κ3) is 12.2. The van der Waals surface area contributed by atoms with Gasteiger partial charge in [-0.1, -0.05) is 51.0 Å². The van der Waals surface area contributed by atoms with Crippen LogP contribution in [0.3, 0.4) is 0 Å². The molecule has 4 amide bonds. The van der Waals surface area contributed by atoms with Crippen LogP contribution in [0.2, 0.25) is 0 Å². The van der Waals surface area contributed by atoms with Crippen molar-refractivity contribution in [3.05, 3.63) is 76.2 Å². The number of hydrogen-bond acceptors (Lipinski definition) is 9. The fourth-order valence-corrected chi connectivity index (χ4v) is 6.32. The van der Waals surface area contributed by atoms with Crippen LogP contribution in [0.1, 0.15) is 70.1 Å². The smallest absolute Gasteiger partial charge is 0.329 e. The Balaban J connectivity index is 1.56. The first-order chi connectivity index (χ1) is 25.0. The maximum Gasteiger partial charge on any atom is 0.329 e. The molecule has 3 aromatic rings. The summed E-state index contributed by atoms with van der Waals surface area (Å²) in [5.74, 6) is -1.76. The number of likely N-dealkylation sites (tertiary alicyclic amines) is 1. The lowest BCUT2D eigenvalue weighted by Gasteiger charge is -2.28. The average molecular weight is 722 g/mol. The van der Waals surface area contributed by atoms with Gasteiger partial charge in [-0.2, -0.15) is 0 Å². The Morgan fingerprint density at radius 3 is 2.23 bits per heavy atom. The van der Waals surface area contributed by atoms with Crippen molar-refractivity contribution in [3.63, 3.8) is 0 Å². The van der Waals surface area contributed by atoms with E-state index in [1.54, 1.807) is 29.3 Å². The number of ether oxygens (including phenoxy) is 1. The Hall–Kier alpha value is -5.21. The maximum absolute atomic E-state index is 14.2. The number of benzene rings is 1. The number of carbonyl (C=O) groups excluding carboxylic acids is 4. The van der Waals surface area contributed by atoms with E-state index in [9.17, 15) is 29.3 Å². The van der Waals surface area contributed by atoms with E-state index in [1.807, 2.05) is 55.9 Å².